The van der Waals surface area contributed by atoms with Crippen LogP contribution in [0.15, 0.2) is 72.9 Å². The van der Waals surface area contributed by atoms with E-state index >= 15 is 0 Å². The molecule has 0 rings (SSSR count). The van der Waals surface area contributed by atoms with Crippen molar-refractivity contribution >= 4 is 11.9 Å². The van der Waals surface area contributed by atoms with E-state index in [0.717, 1.165) is 57.3 Å². The number of hydrogen-bond donors (Lipinski definition) is 2. The van der Waals surface area contributed by atoms with Gasteiger partial charge in [-0.1, -0.05) is 139 Å². The predicted molar refractivity (Wildman–Crippen MR) is 183 cm³/mol. The van der Waals surface area contributed by atoms with Crippen LogP contribution in [-0.2, 0) is 19.1 Å². The summed E-state index contributed by atoms with van der Waals surface area (Å²) in [6.45, 7) is 6.06. The van der Waals surface area contributed by atoms with E-state index in [-0.39, 0.29) is 25.4 Å². The highest BCUT2D eigenvalue weighted by molar-refractivity contribution is 5.70. The molecule has 0 saturated heterocycles. The summed E-state index contributed by atoms with van der Waals surface area (Å²) in [4.78, 5) is 24.1. The molecule has 2 N–H and O–H groups in total. The lowest BCUT2D eigenvalue weighted by Crippen LogP contribution is -2.28. The van der Waals surface area contributed by atoms with Crippen LogP contribution in [0.4, 0.5) is 0 Å². The first-order valence-electron chi connectivity index (χ1n) is 17.0. The molecule has 0 aliphatic rings. The highest BCUT2D eigenvalue weighted by atomic mass is 16.6. The standard InChI is InChI=1S/C38H62O6/c1-4-5-6-7-8-9-10-11-12-13-14-15-16-19-22-25-28-35(40)30-31-38(42)44-36(32-39)33-43-37(41)29-26-23-20-17-18-21-24-27-34(2)3/h5-6,8-9,11-12,14-15,19,22,25,28,34-36,39-40H,4,7,10,13,16-18,20-21,23-24,26-27,29-33H2,1-3H3/b6-5-,9-8-,12-11-,15-14-,22-19-,28-25-/t35?,36-/m0/s1. The first-order valence-corrected chi connectivity index (χ1v) is 17.0. The Morgan fingerprint density at radius 2 is 1.20 bits per heavy atom. The Morgan fingerprint density at radius 1 is 0.659 bits per heavy atom. The third-order valence-electron chi connectivity index (χ3n) is 6.81. The van der Waals surface area contributed by atoms with Gasteiger partial charge in [-0.3, -0.25) is 9.59 Å². The van der Waals surface area contributed by atoms with Crippen molar-refractivity contribution < 1.29 is 29.3 Å². The molecule has 250 valence electrons. The third-order valence-corrected chi connectivity index (χ3v) is 6.81. The number of hydrogen-bond acceptors (Lipinski definition) is 6. The van der Waals surface area contributed by atoms with Crippen LogP contribution in [-0.4, -0.2) is 47.6 Å². The highest BCUT2D eigenvalue weighted by Crippen LogP contribution is 2.13. The fourth-order valence-corrected chi connectivity index (χ4v) is 4.20. The second-order valence-electron chi connectivity index (χ2n) is 11.5. The quantitative estimate of drug-likeness (QED) is 0.0395. The van der Waals surface area contributed by atoms with Gasteiger partial charge in [0.2, 0.25) is 0 Å². The van der Waals surface area contributed by atoms with Gasteiger partial charge in [0.1, 0.15) is 6.61 Å². The number of carbonyl (C=O) groups is 2. The van der Waals surface area contributed by atoms with Crippen molar-refractivity contribution in [3.05, 3.63) is 72.9 Å². The summed E-state index contributed by atoms with van der Waals surface area (Å²) in [5.74, 6) is -0.112. The third kappa shape index (κ3) is 30.7. The van der Waals surface area contributed by atoms with E-state index in [0.29, 0.717) is 6.42 Å². The second-order valence-corrected chi connectivity index (χ2v) is 11.5. The summed E-state index contributed by atoms with van der Waals surface area (Å²) in [5.41, 5.74) is 0. The maximum absolute atomic E-state index is 12.1. The molecule has 0 radical (unpaired) electrons. The van der Waals surface area contributed by atoms with Crippen molar-refractivity contribution in [3.63, 3.8) is 0 Å². The van der Waals surface area contributed by atoms with Gasteiger partial charge in [0.05, 0.1) is 12.7 Å². The molecule has 0 saturated carbocycles. The molecule has 44 heavy (non-hydrogen) atoms. The van der Waals surface area contributed by atoms with Crippen LogP contribution in [0, 0.1) is 5.92 Å². The van der Waals surface area contributed by atoms with Gasteiger partial charge in [-0.25, -0.2) is 0 Å². The SMILES string of the molecule is CC/C=C\C/C=C\C/C=C\C/C=C\C/C=C\C=C/C(O)CCC(=O)O[C@@H](CO)COC(=O)CCCCCCCCCC(C)C. The molecule has 6 heteroatoms. The zero-order valence-corrected chi connectivity index (χ0v) is 27.9. The Bertz CT molecular complexity index is 865. The first kappa shape index (κ1) is 41.3. The fourth-order valence-electron chi connectivity index (χ4n) is 4.20. The summed E-state index contributed by atoms with van der Waals surface area (Å²) in [5, 5.41) is 19.6. The van der Waals surface area contributed by atoms with Gasteiger partial charge in [-0.05, 0) is 50.9 Å². The van der Waals surface area contributed by atoms with Gasteiger partial charge in [0.25, 0.3) is 0 Å². The number of aliphatic hydroxyl groups excluding tert-OH is 2. The van der Waals surface area contributed by atoms with E-state index in [1.54, 1.807) is 12.2 Å². The number of unbranched alkanes of at least 4 members (excludes halogenated alkanes) is 6. The van der Waals surface area contributed by atoms with Gasteiger partial charge in [-0.2, -0.15) is 0 Å². The maximum atomic E-state index is 12.1. The molecular weight excluding hydrogens is 552 g/mol. The van der Waals surface area contributed by atoms with Crippen LogP contribution < -0.4 is 0 Å². The Morgan fingerprint density at radius 3 is 1.77 bits per heavy atom. The predicted octanol–water partition coefficient (Wildman–Crippen LogP) is 9.05. The van der Waals surface area contributed by atoms with Crippen molar-refractivity contribution in [1.29, 1.82) is 0 Å². The van der Waals surface area contributed by atoms with Crippen molar-refractivity contribution in [1.82, 2.24) is 0 Å². The normalized spacial score (nSPS) is 14.0. The summed E-state index contributed by atoms with van der Waals surface area (Å²) in [6, 6.07) is 0. The lowest BCUT2D eigenvalue weighted by atomic mass is 10.0. The molecule has 0 aromatic carbocycles. The zero-order chi connectivity index (χ0) is 32.5. The van der Waals surface area contributed by atoms with Crippen LogP contribution in [0.2, 0.25) is 0 Å². The van der Waals surface area contributed by atoms with Crippen LogP contribution in [0.1, 0.15) is 124 Å². The molecule has 0 bridgehead atoms. The van der Waals surface area contributed by atoms with E-state index in [1.807, 2.05) is 12.2 Å². The lowest BCUT2D eigenvalue weighted by Gasteiger charge is -2.16. The number of allylic oxidation sites excluding steroid dienone is 11. The minimum absolute atomic E-state index is 0.000903. The van der Waals surface area contributed by atoms with E-state index in [4.69, 9.17) is 9.47 Å². The molecule has 2 atom stereocenters. The average Bonchev–Trinajstić information content (AvgIpc) is 3.00. The molecule has 0 aliphatic carbocycles. The van der Waals surface area contributed by atoms with Gasteiger partial charge >= 0.3 is 11.9 Å². The maximum Gasteiger partial charge on any atom is 0.306 e. The summed E-state index contributed by atoms with van der Waals surface area (Å²) >= 11 is 0. The monoisotopic (exact) mass is 614 g/mol. The molecule has 0 aromatic heterocycles. The van der Waals surface area contributed by atoms with E-state index in [9.17, 15) is 19.8 Å². The Kier molecular flexibility index (Phi) is 29.8. The Labute approximate surface area is 268 Å². The average molecular weight is 615 g/mol. The number of esters is 2. The van der Waals surface area contributed by atoms with Crippen LogP contribution in [0.3, 0.4) is 0 Å². The zero-order valence-electron chi connectivity index (χ0n) is 27.9. The Hall–Kier alpha value is -2.70. The minimum Gasteiger partial charge on any atom is -0.462 e. The number of ether oxygens (including phenoxy) is 2. The van der Waals surface area contributed by atoms with Crippen molar-refractivity contribution in [2.45, 2.75) is 136 Å². The first-order chi connectivity index (χ1) is 21.4. The van der Waals surface area contributed by atoms with Crippen molar-refractivity contribution in [3.8, 4) is 0 Å². The topological polar surface area (TPSA) is 93.1 Å². The van der Waals surface area contributed by atoms with Crippen molar-refractivity contribution in [2.24, 2.45) is 5.92 Å². The molecule has 6 nitrogen and oxygen atoms in total. The summed E-state index contributed by atoms with van der Waals surface area (Å²) in [6.07, 6.45) is 37.3. The molecule has 0 aliphatic heterocycles. The summed E-state index contributed by atoms with van der Waals surface area (Å²) < 4.78 is 10.4. The van der Waals surface area contributed by atoms with Gasteiger partial charge in [0.15, 0.2) is 6.10 Å². The van der Waals surface area contributed by atoms with E-state index in [1.165, 1.54) is 32.1 Å². The van der Waals surface area contributed by atoms with E-state index < -0.39 is 24.8 Å². The molecular formula is C38H62O6. The van der Waals surface area contributed by atoms with Gasteiger partial charge in [-0.15, -0.1) is 0 Å². The lowest BCUT2D eigenvalue weighted by molar-refractivity contribution is -0.161. The number of carbonyl (C=O) groups excluding carboxylic acids is 2. The minimum atomic E-state index is -0.897. The molecule has 0 amide bonds. The molecule has 0 spiro atoms. The van der Waals surface area contributed by atoms with Crippen LogP contribution in [0.25, 0.3) is 0 Å². The second kappa shape index (κ2) is 31.7. The highest BCUT2D eigenvalue weighted by Gasteiger charge is 2.17. The van der Waals surface area contributed by atoms with Gasteiger partial charge in [0, 0.05) is 12.8 Å². The number of aliphatic hydroxyl groups is 2. The molecule has 0 fully saturated rings. The smallest absolute Gasteiger partial charge is 0.306 e. The number of rotatable bonds is 28. The molecule has 0 aromatic rings. The summed E-state index contributed by atoms with van der Waals surface area (Å²) in [7, 11) is 0. The van der Waals surface area contributed by atoms with Crippen LogP contribution in [0.5, 0.6) is 0 Å². The molecule has 1 unspecified atom stereocenters. The fraction of sp³-hybridized carbons (Fsp3) is 0.632. The largest absolute Gasteiger partial charge is 0.462 e. The van der Waals surface area contributed by atoms with E-state index in [2.05, 4.69) is 69.4 Å². The van der Waals surface area contributed by atoms with Crippen molar-refractivity contribution in [2.75, 3.05) is 13.2 Å². The van der Waals surface area contributed by atoms with Gasteiger partial charge < -0.3 is 19.7 Å². The molecule has 0 heterocycles. The Balaban J connectivity index is 3.92. The van der Waals surface area contributed by atoms with Crippen LogP contribution >= 0.6 is 0 Å².